The summed E-state index contributed by atoms with van der Waals surface area (Å²) < 4.78 is 0. The van der Waals surface area contributed by atoms with Crippen molar-refractivity contribution < 1.29 is 4.79 Å². The van der Waals surface area contributed by atoms with Gasteiger partial charge < -0.3 is 4.79 Å². The minimum atomic E-state index is 0.757. The summed E-state index contributed by atoms with van der Waals surface area (Å²) in [5.41, 5.74) is 0. The minimum Gasteiger partial charge on any atom is -0.303 e. The van der Waals surface area contributed by atoms with E-state index in [4.69, 9.17) is 0 Å². The predicted octanol–water partition coefficient (Wildman–Crippen LogP) is 4.35. The first-order valence-electron chi connectivity index (χ1n) is 6.28. The van der Waals surface area contributed by atoms with Crippen LogP contribution in [0.2, 0.25) is 0 Å². The van der Waals surface area contributed by atoms with Crippen LogP contribution in [0.3, 0.4) is 0 Å². The zero-order valence-corrected chi connectivity index (χ0v) is 9.93. The number of aldehydes is 1. The topological polar surface area (TPSA) is 17.1 Å². The highest BCUT2D eigenvalue weighted by molar-refractivity contribution is 5.48. The van der Waals surface area contributed by atoms with Gasteiger partial charge in [-0.3, -0.25) is 0 Å². The fraction of sp³-hybridized carbons (Fsp3) is 0.923. The van der Waals surface area contributed by atoms with Crippen LogP contribution in [0.25, 0.3) is 0 Å². The molecule has 84 valence electrons. The van der Waals surface area contributed by atoms with E-state index in [-0.39, 0.29) is 0 Å². The second-order valence-corrected chi connectivity index (χ2v) is 4.25. The molecule has 0 fully saturated rings. The summed E-state index contributed by atoms with van der Waals surface area (Å²) in [4.78, 5) is 10.1. The molecule has 0 aliphatic carbocycles. The maximum atomic E-state index is 10.1. The Bertz CT molecular complexity index is 120. The lowest BCUT2D eigenvalue weighted by atomic mass is 9.91. The lowest BCUT2D eigenvalue weighted by molar-refractivity contribution is -0.107. The van der Waals surface area contributed by atoms with Gasteiger partial charge in [-0.25, -0.2) is 0 Å². The highest BCUT2D eigenvalue weighted by Crippen LogP contribution is 2.21. The van der Waals surface area contributed by atoms with Crippen LogP contribution in [0.1, 0.15) is 71.6 Å². The van der Waals surface area contributed by atoms with Gasteiger partial charge in [0.1, 0.15) is 6.29 Å². The highest BCUT2D eigenvalue weighted by Gasteiger charge is 2.06. The van der Waals surface area contributed by atoms with Crippen molar-refractivity contribution in [1.29, 1.82) is 0 Å². The molecule has 0 heterocycles. The molecule has 0 aromatic rings. The van der Waals surface area contributed by atoms with Gasteiger partial charge in [0.2, 0.25) is 0 Å². The average Bonchev–Trinajstić information content (AvgIpc) is 2.20. The molecule has 1 unspecified atom stereocenters. The second kappa shape index (κ2) is 10.7. The number of carbonyl (C=O) groups excluding carboxylic acids is 1. The molecule has 0 saturated carbocycles. The molecule has 0 aromatic carbocycles. The molecule has 0 bridgehead atoms. The Balaban J connectivity index is 3.45. The van der Waals surface area contributed by atoms with E-state index in [2.05, 4.69) is 13.8 Å². The number of unbranched alkanes of at least 4 members (excludes halogenated alkanes) is 3. The molecule has 0 aliphatic rings. The van der Waals surface area contributed by atoms with Gasteiger partial charge in [0.25, 0.3) is 0 Å². The second-order valence-electron chi connectivity index (χ2n) is 4.25. The van der Waals surface area contributed by atoms with E-state index < -0.39 is 0 Å². The number of rotatable bonds is 10. The van der Waals surface area contributed by atoms with Crippen molar-refractivity contribution in [2.45, 2.75) is 71.6 Å². The van der Waals surface area contributed by atoms with Crippen LogP contribution in [0.15, 0.2) is 0 Å². The lowest BCUT2D eigenvalue weighted by Gasteiger charge is -2.14. The van der Waals surface area contributed by atoms with Gasteiger partial charge in [-0.2, -0.15) is 0 Å². The first kappa shape index (κ1) is 13.7. The van der Waals surface area contributed by atoms with Gasteiger partial charge >= 0.3 is 0 Å². The molecule has 1 atom stereocenters. The van der Waals surface area contributed by atoms with Gasteiger partial charge in [-0.05, 0) is 12.3 Å². The molecule has 0 spiro atoms. The summed E-state index contributed by atoms with van der Waals surface area (Å²) in [6.45, 7) is 4.53. The fourth-order valence-corrected chi connectivity index (χ4v) is 1.99. The SMILES string of the molecule is CCCCC(CCC)CCCCC=O. The van der Waals surface area contributed by atoms with Crippen LogP contribution >= 0.6 is 0 Å². The molecule has 0 aliphatic heterocycles. The Labute approximate surface area is 89.3 Å². The number of hydrogen-bond acceptors (Lipinski definition) is 1. The van der Waals surface area contributed by atoms with Crippen molar-refractivity contribution in [3.63, 3.8) is 0 Å². The van der Waals surface area contributed by atoms with Crippen molar-refractivity contribution in [3.8, 4) is 0 Å². The molecule has 0 rings (SSSR count). The van der Waals surface area contributed by atoms with E-state index in [1.807, 2.05) is 0 Å². The Morgan fingerprint density at radius 3 is 2.21 bits per heavy atom. The van der Waals surface area contributed by atoms with E-state index >= 15 is 0 Å². The molecular formula is C13H26O. The van der Waals surface area contributed by atoms with E-state index in [1.54, 1.807) is 0 Å². The summed E-state index contributed by atoms with van der Waals surface area (Å²) in [7, 11) is 0. The van der Waals surface area contributed by atoms with Crippen LogP contribution < -0.4 is 0 Å². The molecular weight excluding hydrogens is 172 g/mol. The van der Waals surface area contributed by atoms with Crippen LogP contribution in [0.5, 0.6) is 0 Å². The summed E-state index contributed by atoms with van der Waals surface area (Å²) in [5.74, 6) is 0.923. The van der Waals surface area contributed by atoms with Gasteiger partial charge in [0, 0.05) is 6.42 Å². The maximum Gasteiger partial charge on any atom is 0.119 e. The van der Waals surface area contributed by atoms with E-state index in [0.717, 1.165) is 25.0 Å². The van der Waals surface area contributed by atoms with Gasteiger partial charge in [-0.15, -0.1) is 0 Å². The Kier molecular flexibility index (Phi) is 10.5. The van der Waals surface area contributed by atoms with Gasteiger partial charge in [0.15, 0.2) is 0 Å². The van der Waals surface area contributed by atoms with Crippen LogP contribution in [0.4, 0.5) is 0 Å². The summed E-state index contributed by atoms with van der Waals surface area (Å²) >= 11 is 0. The van der Waals surface area contributed by atoms with E-state index in [9.17, 15) is 4.79 Å². The Morgan fingerprint density at radius 1 is 0.929 bits per heavy atom. The number of carbonyl (C=O) groups is 1. The first-order chi connectivity index (χ1) is 6.85. The Hall–Kier alpha value is -0.330. The maximum absolute atomic E-state index is 10.1. The van der Waals surface area contributed by atoms with Gasteiger partial charge in [0.05, 0.1) is 0 Å². The third-order valence-electron chi connectivity index (χ3n) is 2.85. The summed E-state index contributed by atoms with van der Waals surface area (Å²) in [6.07, 6.45) is 12.2. The molecule has 0 N–H and O–H groups in total. The smallest absolute Gasteiger partial charge is 0.119 e. The molecule has 14 heavy (non-hydrogen) atoms. The third kappa shape index (κ3) is 8.28. The van der Waals surface area contributed by atoms with Crippen molar-refractivity contribution in [1.82, 2.24) is 0 Å². The van der Waals surface area contributed by atoms with Crippen molar-refractivity contribution in [2.24, 2.45) is 5.92 Å². The molecule has 0 radical (unpaired) electrons. The van der Waals surface area contributed by atoms with Crippen LogP contribution in [-0.2, 0) is 4.79 Å². The molecule has 0 saturated heterocycles. The quantitative estimate of drug-likeness (QED) is 0.377. The van der Waals surface area contributed by atoms with E-state index in [0.29, 0.717) is 0 Å². The predicted molar refractivity (Wildman–Crippen MR) is 62.5 cm³/mol. The van der Waals surface area contributed by atoms with Crippen molar-refractivity contribution in [2.75, 3.05) is 0 Å². The first-order valence-corrected chi connectivity index (χ1v) is 6.28. The molecule has 0 amide bonds. The fourth-order valence-electron chi connectivity index (χ4n) is 1.99. The third-order valence-corrected chi connectivity index (χ3v) is 2.85. The number of hydrogen-bond donors (Lipinski definition) is 0. The monoisotopic (exact) mass is 198 g/mol. The van der Waals surface area contributed by atoms with Gasteiger partial charge in [-0.1, -0.05) is 58.8 Å². The molecule has 1 heteroatoms. The molecule has 1 nitrogen and oxygen atoms in total. The lowest BCUT2D eigenvalue weighted by Crippen LogP contribution is -2.00. The Morgan fingerprint density at radius 2 is 1.64 bits per heavy atom. The average molecular weight is 198 g/mol. The molecule has 0 aromatic heterocycles. The summed E-state index contributed by atoms with van der Waals surface area (Å²) in [5, 5.41) is 0. The largest absolute Gasteiger partial charge is 0.303 e. The van der Waals surface area contributed by atoms with Crippen molar-refractivity contribution >= 4 is 6.29 Å². The zero-order chi connectivity index (χ0) is 10.6. The standard InChI is InChI=1S/C13H26O/c1-3-5-10-13(9-4-2)11-7-6-8-12-14/h12-13H,3-11H2,1-2H3. The zero-order valence-electron chi connectivity index (χ0n) is 9.93. The van der Waals surface area contributed by atoms with Crippen LogP contribution in [0, 0.1) is 5.92 Å². The summed E-state index contributed by atoms with van der Waals surface area (Å²) in [6, 6.07) is 0. The van der Waals surface area contributed by atoms with E-state index in [1.165, 1.54) is 44.9 Å². The highest BCUT2D eigenvalue weighted by atomic mass is 16.1. The van der Waals surface area contributed by atoms with Crippen LogP contribution in [-0.4, -0.2) is 6.29 Å². The van der Waals surface area contributed by atoms with Crippen molar-refractivity contribution in [3.05, 3.63) is 0 Å². The normalized spacial score (nSPS) is 12.7. The minimum absolute atomic E-state index is 0.757.